The van der Waals surface area contributed by atoms with Gasteiger partial charge in [-0.15, -0.1) is 0 Å². The number of hydrogen-bond donors (Lipinski definition) is 0. The fourth-order valence-corrected chi connectivity index (χ4v) is 0.136. The van der Waals surface area contributed by atoms with E-state index in [1.807, 2.05) is 0 Å². The Kier molecular flexibility index (Phi) is 10.5. The van der Waals surface area contributed by atoms with Crippen LogP contribution in [0.2, 0.25) is 0 Å². The Bertz CT molecular complexity index is 194. The van der Waals surface area contributed by atoms with Crippen LogP contribution in [0.3, 0.4) is 0 Å². The van der Waals surface area contributed by atoms with Crippen molar-refractivity contribution >= 4 is 12.0 Å². The molecular weight excluding hydrogens is 162 g/mol. The molecule has 0 unspecified atom stereocenters. The third-order valence-electron chi connectivity index (χ3n) is 0.647. The standard InChI is InChI=1S/C4H5O3.C3H5NO/c1-3(2)4(5)7-6;1-2-4-3-5/h1H2,2H3;2H2,1H3. The van der Waals surface area contributed by atoms with Crippen molar-refractivity contribution in [3.8, 4) is 0 Å². The fourth-order valence-electron chi connectivity index (χ4n) is 0.136. The highest BCUT2D eigenvalue weighted by Crippen LogP contribution is 1.87. The largest absolute Gasteiger partial charge is 0.371 e. The number of nitrogens with zero attached hydrogens (tertiary/aromatic N) is 1. The second-order valence-electron chi connectivity index (χ2n) is 1.72. The average molecular weight is 172 g/mol. The quantitative estimate of drug-likeness (QED) is 0.203. The first-order chi connectivity index (χ1) is 5.59. The minimum atomic E-state index is -0.903. The molecule has 0 aromatic rings. The lowest BCUT2D eigenvalue weighted by Crippen LogP contribution is -1.98. The molecule has 12 heavy (non-hydrogen) atoms. The van der Waals surface area contributed by atoms with Gasteiger partial charge in [0.15, 0.2) is 0 Å². The second-order valence-corrected chi connectivity index (χ2v) is 1.72. The van der Waals surface area contributed by atoms with E-state index < -0.39 is 5.97 Å². The summed E-state index contributed by atoms with van der Waals surface area (Å²) in [6, 6.07) is 0. The maximum Gasteiger partial charge on any atom is 0.371 e. The van der Waals surface area contributed by atoms with E-state index in [9.17, 15) is 4.79 Å². The summed E-state index contributed by atoms with van der Waals surface area (Å²) in [5.74, 6) is -0.903. The van der Waals surface area contributed by atoms with Gasteiger partial charge in [-0.05, 0) is 13.8 Å². The van der Waals surface area contributed by atoms with Crippen LogP contribution in [-0.4, -0.2) is 18.6 Å². The molecule has 0 heterocycles. The zero-order valence-corrected chi connectivity index (χ0v) is 6.99. The Balaban J connectivity index is 0. The van der Waals surface area contributed by atoms with E-state index in [4.69, 9.17) is 10.1 Å². The molecule has 5 heteroatoms. The molecule has 0 amide bonds. The number of hydrogen-bond acceptors (Lipinski definition) is 4. The first-order valence-corrected chi connectivity index (χ1v) is 3.13. The first-order valence-electron chi connectivity index (χ1n) is 3.13. The normalized spacial score (nSPS) is 6.92. The second kappa shape index (κ2) is 9.55. The van der Waals surface area contributed by atoms with Crippen molar-refractivity contribution in [2.45, 2.75) is 13.8 Å². The summed E-state index contributed by atoms with van der Waals surface area (Å²) in [7, 11) is 0. The van der Waals surface area contributed by atoms with Gasteiger partial charge in [0, 0.05) is 17.4 Å². The van der Waals surface area contributed by atoms with Crippen LogP contribution in [0, 0.1) is 0 Å². The summed E-state index contributed by atoms with van der Waals surface area (Å²) in [6.45, 7) is 6.88. The lowest BCUT2D eigenvalue weighted by molar-refractivity contribution is -0.274. The third-order valence-corrected chi connectivity index (χ3v) is 0.647. The third kappa shape index (κ3) is 11.4. The van der Waals surface area contributed by atoms with E-state index in [1.165, 1.54) is 13.0 Å². The summed E-state index contributed by atoms with van der Waals surface area (Å²) in [5, 5.41) is 9.16. The molecule has 0 aliphatic carbocycles. The number of rotatable bonds is 2. The van der Waals surface area contributed by atoms with Crippen molar-refractivity contribution in [2.24, 2.45) is 4.99 Å². The van der Waals surface area contributed by atoms with Crippen LogP contribution in [0.25, 0.3) is 0 Å². The van der Waals surface area contributed by atoms with Gasteiger partial charge in [-0.25, -0.2) is 14.6 Å². The van der Waals surface area contributed by atoms with E-state index in [1.54, 1.807) is 6.92 Å². The molecule has 0 saturated heterocycles. The number of carbonyl (C=O) groups is 1. The lowest BCUT2D eigenvalue weighted by Gasteiger charge is -1.85. The Morgan fingerprint density at radius 2 is 2.17 bits per heavy atom. The Hall–Kier alpha value is -1.45. The van der Waals surface area contributed by atoms with Crippen LogP contribution in [0.15, 0.2) is 17.1 Å². The van der Waals surface area contributed by atoms with Crippen molar-refractivity contribution in [3.63, 3.8) is 0 Å². The summed E-state index contributed by atoms with van der Waals surface area (Å²) >= 11 is 0. The minimum absolute atomic E-state index is 0.120. The Morgan fingerprint density at radius 3 is 2.17 bits per heavy atom. The highest BCUT2D eigenvalue weighted by molar-refractivity contribution is 5.86. The van der Waals surface area contributed by atoms with E-state index in [0.717, 1.165) is 0 Å². The molecule has 0 N–H and O–H groups in total. The number of aliphatic imine (C=N–C) groups is 1. The molecule has 0 aliphatic heterocycles. The van der Waals surface area contributed by atoms with Crippen LogP contribution in [0.4, 0.5) is 0 Å². The molecule has 1 radical (unpaired) electrons. The summed E-state index contributed by atoms with van der Waals surface area (Å²) in [6.07, 6.45) is 1.39. The van der Waals surface area contributed by atoms with Crippen molar-refractivity contribution in [1.82, 2.24) is 0 Å². The summed E-state index contributed by atoms with van der Waals surface area (Å²) in [5.41, 5.74) is 0.120. The van der Waals surface area contributed by atoms with Gasteiger partial charge in [0.1, 0.15) is 0 Å². The van der Waals surface area contributed by atoms with Crippen LogP contribution in [0.1, 0.15) is 13.8 Å². The molecule has 0 spiro atoms. The van der Waals surface area contributed by atoms with Gasteiger partial charge >= 0.3 is 5.97 Å². The van der Waals surface area contributed by atoms with Crippen molar-refractivity contribution < 1.29 is 19.7 Å². The van der Waals surface area contributed by atoms with Gasteiger partial charge in [0.05, 0.1) is 0 Å². The van der Waals surface area contributed by atoms with Crippen LogP contribution in [-0.2, 0) is 19.7 Å². The molecule has 67 valence electrons. The van der Waals surface area contributed by atoms with Gasteiger partial charge in [0.25, 0.3) is 0 Å². The predicted molar refractivity (Wildman–Crippen MR) is 40.3 cm³/mol. The average Bonchev–Trinajstić information content (AvgIpc) is 2.05. The smallest absolute Gasteiger partial charge is 0.261 e. The predicted octanol–water partition coefficient (Wildman–Crippen LogP) is 0.793. The monoisotopic (exact) mass is 172 g/mol. The van der Waals surface area contributed by atoms with Gasteiger partial charge in [-0.3, -0.25) is 4.89 Å². The zero-order chi connectivity index (χ0) is 9.98. The number of carbonyl (C=O) groups excluding carboxylic acids is 2. The molecule has 0 rings (SSSR count). The van der Waals surface area contributed by atoms with Crippen LogP contribution in [0.5, 0.6) is 0 Å². The van der Waals surface area contributed by atoms with Crippen molar-refractivity contribution in [2.75, 3.05) is 6.54 Å². The fraction of sp³-hybridized carbons (Fsp3) is 0.429. The molecule has 0 aromatic heterocycles. The van der Waals surface area contributed by atoms with Gasteiger partial charge in [0.2, 0.25) is 6.08 Å². The zero-order valence-electron chi connectivity index (χ0n) is 6.99. The van der Waals surface area contributed by atoms with Crippen LogP contribution < -0.4 is 0 Å². The minimum Gasteiger partial charge on any atom is -0.261 e. The lowest BCUT2D eigenvalue weighted by atomic mass is 10.4. The maximum absolute atomic E-state index is 9.88. The Labute approximate surface area is 70.3 Å². The first kappa shape index (κ1) is 13.2. The number of isocyanates is 1. The Morgan fingerprint density at radius 1 is 1.67 bits per heavy atom. The molecule has 0 atom stereocenters. The van der Waals surface area contributed by atoms with Gasteiger partial charge in [-0.1, -0.05) is 6.58 Å². The van der Waals surface area contributed by atoms with Crippen molar-refractivity contribution in [1.29, 1.82) is 0 Å². The molecule has 0 aromatic carbocycles. The molecule has 0 fully saturated rings. The van der Waals surface area contributed by atoms with E-state index in [-0.39, 0.29) is 5.57 Å². The highest BCUT2D eigenvalue weighted by Gasteiger charge is 1.99. The molecular formula is C7H10NO4. The molecule has 5 nitrogen and oxygen atoms in total. The molecule has 0 saturated carbocycles. The van der Waals surface area contributed by atoms with E-state index in [0.29, 0.717) is 6.54 Å². The molecule has 0 aliphatic rings. The molecule has 0 bridgehead atoms. The van der Waals surface area contributed by atoms with Crippen LogP contribution >= 0.6 is 0 Å². The van der Waals surface area contributed by atoms with Gasteiger partial charge in [-0.2, -0.15) is 0 Å². The maximum atomic E-state index is 9.88. The highest BCUT2D eigenvalue weighted by atomic mass is 17.1. The summed E-state index contributed by atoms with van der Waals surface area (Å²) < 4.78 is 0. The van der Waals surface area contributed by atoms with E-state index in [2.05, 4.69) is 16.5 Å². The van der Waals surface area contributed by atoms with Gasteiger partial charge < -0.3 is 0 Å². The topological polar surface area (TPSA) is 75.6 Å². The van der Waals surface area contributed by atoms with E-state index >= 15 is 0 Å². The summed E-state index contributed by atoms with van der Waals surface area (Å²) in [4.78, 5) is 25.2. The van der Waals surface area contributed by atoms with Crippen molar-refractivity contribution in [3.05, 3.63) is 12.2 Å². The SMILES string of the molecule is C=C(C)C(=O)O[O].CCN=C=O.